The van der Waals surface area contributed by atoms with Crippen LogP contribution in [0.25, 0.3) is 0 Å². The highest BCUT2D eigenvalue weighted by Gasteiger charge is 2.09. The van der Waals surface area contributed by atoms with Gasteiger partial charge in [0.1, 0.15) is 5.75 Å². The fourth-order valence-electron chi connectivity index (χ4n) is 2.07. The Balaban J connectivity index is 1.99. The monoisotopic (exact) mass is 257 g/mol. The topological polar surface area (TPSA) is 42.4 Å². The van der Waals surface area contributed by atoms with Crippen molar-refractivity contribution in [2.75, 3.05) is 7.11 Å². The second-order valence-electron chi connectivity index (χ2n) is 4.70. The quantitative estimate of drug-likeness (QED) is 0.895. The standard InChI is InChI=1S/C16H19NO2/c1-12-4-3-5-13(8-12)6-7-16(18)14-9-15(19-2)11-17-10-14/h3-5,8-11,16,18H,6-7H2,1-2H3. The number of aliphatic hydroxyl groups is 1. The summed E-state index contributed by atoms with van der Waals surface area (Å²) in [5.41, 5.74) is 3.29. The first-order valence-corrected chi connectivity index (χ1v) is 6.41. The van der Waals surface area contributed by atoms with Crippen LogP contribution in [0.5, 0.6) is 5.75 Å². The van der Waals surface area contributed by atoms with Crippen molar-refractivity contribution in [2.45, 2.75) is 25.9 Å². The Morgan fingerprint density at radius 1 is 1.26 bits per heavy atom. The molecule has 0 fully saturated rings. The van der Waals surface area contributed by atoms with Crippen LogP contribution < -0.4 is 4.74 Å². The largest absolute Gasteiger partial charge is 0.495 e. The van der Waals surface area contributed by atoms with Crippen molar-refractivity contribution in [1.82, 2.24) is 4.98 Å². The predicted octanol–water partition coefficient (Wildman–Crippen LogP) is 3.06. The minimum absolute atomic E-state index is 0.511. The third kappa shape index (κ3) is 3.80. The second-order valence-corrected chi connectivity index (χ2v) is 4.70. The van der Waals surface area contributed by atoms with Gasteiger partial charge in [-0.1, -0.05) is 29.8 Å². The highest BCUT2D eigenvalue weighted by molar-refractivity contribution is 5.26. The van der Waals surface area contributed by atoms with E-state index in [2.05, 4.69) is 30.1 Å². The summed E-state index contributed by atoms with van der Waals surface area (Å²) >= 11 is 0. The third-order valence-electron chi connectivity index (χ3n) is 3.14. The maximum atomic E-state index is 10.2. The average molecular weight is 257 g/mol. The number of aryl methyl sites for hydroxylation is 2. The molecule has 0 bridgehead atoms. The van der Waals surface area contributed by atoms with Crippen molar-refractivity contribution in [2.24, 2.45) is 0 Å². The molecule has 0 aliphatic rings. The molecule has 1 heterocycles. The Hall–Kier alpha value is -1.87. The molecule has 0 amide bonds. The Morgan fingerprint density at radius 3 is 2.84 bits per heavy atom. The molecule has 0 saturated heterocycles. The molecule has 0 aliphatic carbocycles. The van der Waals surface area contributed by atoms with Crippen molar-refractivity contribution in [3.63, 3.8) is 0 Å². The summed E-state index contributed by atoms with van der Waals surface area (Å²) in [4.78, 5) is 4.06. The van der Waals surface area contributed by atoms with Crippen LogP contribution >= 0.6 is 0 Å². The number of ether oxygens (including phenoxy) is 1. The van der Waals surface area contributed by atoms with Gasteiger partial charge in [-0.3, -0.25) is 4.98 Å². The van der Waals surface area contributed by atoms with E-state index in [0.29, 0.717) is 12.2 Å². The second kappa shape index (κ2) is 6.34. The number of aliphatic hydroxyl groups excluding tert-OH is 1. The smallest absolute Gasteiger partial charge is 0.137 e. The van der Waals surface area contributed by atoms with Crippen LogP contribution in [0.4, 0.5) is 0 Å². The molecule has 2 aromatic rings. The zero-order chi connectivity index (χ0) is 13.7. The first-order valence-electron chi connectivity index (χ1n) is 6.41. The van der Waals surface area contributed by atoms with E-state index in [4.69, 9.17) is 4.74 Å². The number of aromatic nitrogens is 1. The molecule has 3 nitrogen and oxygen atoms in total. The van der Waals surface area contributed by atoms with Gasteiger partial charge in [-0.2, -0.15) is 0 Å². The van der Waals surface area contributed by atoms with Crippen LogP contribution in [0.3, 0.4) is 0 Å². The van der Waals surface area contributed by atoms with Gasteiger partial charge in [0, 0.05) is 11.8 Å². The Bertz CT molecular complexity index is 540. The average Bonchev–Trinajstić information content (AvgIpc) is 2.45. The van der Waals surface area contributed by atoms with E-state index in [1.54, 1.807) is 19.5 Å². The molecule has 3 heteroatoms. The van der Waals surface area contributed by atoms with E-state index in [1.807, 2.05) is 12.1 Å². The molecular weight excluding hydrogens is 238 g/mol. The van der Waals surface area contributed by atoms with Crippen molar-refractivity contribution < 1.29 is 9.84 Å². The van der Waals surface area contributed by atoms with Gasteiger partial charge in [0.2, 0.25) is 0 Å². The van der Waals surface area contributed by atoms with Gasteiger partial charge >= 0.3 is 0 Å². The van der Waals surface area contributed by atoms with E-state index >= 15 is 0 Å². The summed E-state index contributed by atoms with van der Waals surface area (Å²) in [6.45, 7) is 2.08. The van der Waals surface area contributed by atoms with Crippen molar-refractivity contribution in [1.29, 1.82) is 0 Å². The van der Waals surface area contributed by atoms with E-state index in [1.165, 1.54) is 11.1 Å². The lowest BCUT2D eigenvalue weighted by atomic mass is 10.0. The van der Waals surface area contributed by atoms with Gasteiger partial charge in [-0.25, -0.2) is 0 Å². The lowest BCUT2D eigenvalue weighted by Gasteiger charge is -2.11. The van der Waals surface area contributed by atoms with Gasteiger partial charge in [0.05, 0.1) is 19.4 Å². The molecule has 1 aromatic carbocycles. The lowest BCUT2D eigenvalue weighted by Crippen LogP contribution is -2.01. The van der Waals surface area contributed by atoms with Crippen molar-refractivity contribution in [3.05, 3.63) is 59.4 Å². The van der Waals surface area contributed by atoms with Crippen LogP contribution in [0, 0.1) is 6.92 Å². The molecule has 100 valence electrons. The summed E-state index contributed by atoms with van der Waals surface area (Å²) in [6, 6.07) is 10.2. The summed E-state index contributed by atoms with van der Waals surface area (Å²) in [6.07, 6.45) is 4.33. The molecule has 2 rings (SSSR count). The lowest BCUT2D eigenvalue weighted by molar-refractivity contribution is 0.167. The highest BCUT2D eigenvalue weighted by Crippen LogP contribution is 2.21. The summed E-state index contributed by atoms with van der Waals surface area (Å²) in [5.74, 6) is 0.673. The number of nitrogens with zero attached hydrogens (tertiary/aromatic N) is 1. The maximum absolute atomic E-state index is 10.2. The van der Waals surface area contributed by atoms with E-state index in [9.17, 15) is 5.11 Å². The van der Waals surface area contributed by atoms with E-state index in [-0.39, 0.29) is 0 Å². The number of hydrogen-bond donors (Lipinski definition) is 1. The van der Waals surface area contributed by atoms with Crippen LogP contribution in [-0.4, -0.2) is 17.2 Å². The molecule has 1 unspecified atom stereocenters. The van der Waals surface area contributed by atoms with Crippen LogP contribution in [0.1, 0.15) is 29.2 Å². The first kappa shape index (κ1) is 13.6. The number of methoxy groups -OCH3 is 1. The molecule has 0 aliphatic heterocycles. The van der Waals surface area contributed by atoms with Crippen LogP contribution in [-0.2, 0) is 6.42 Å². The van der Waals surface area contributed by atoms with Crippen molar-refractivity contribution >= 4 is 0 Å². The maximum Gasteiger partial charge on any atom is 0.137 e. The molecule has 0 saturated carbocycles. The predicted molar refractivity (Wildman–Crippen MR) is 75.2 cm³/mol. The molecule has 1 N–H and O–H groups in total. The Kier molecular flexibility index (Phi) is 4.53. The minimum atomic E-state index is -0.511. The minimum Gasteiger partial charge on any atom is -0.495 e. The summed E-state index contributed by atoms with van der Waals surface area (Å²) in [7, 11) is 1.60. The third-order valence-corrected chi connectivity index (χ3v) is 3.14. The number of hydrogen-bond acceptors (Lipinski definition) is 3. The van der Waals surface area contributed by atoms with Crippen LogP contribution in [0.15, 0.2) is 42.7 Å². The molecular formula is C16H19NO2. The Labute approximate surface area is 113 Å². The summed E-state index contributed by atoms with van der Waals surface area (Å²) in [5, 5.41) is 10.2. The highest BCUT2D eigenvalue weighted by atomic mass is 16.5. The van der Waals surface area contributed by atoms with Crippen LogP contribution in [0.2, 0.25) is 0 Å². The fraction of sp³-hybridized carbons (Fsp3) is 0.312. The molecule has 0 spiro atoms. The number of rotatable bonds is 5. The fourth-order valence-corrected chi connectivity index (χ4v) is 2.07. The van der Waals surface area contributed by atoms with Crippen molar-refractivity contribution in [3.8, 4) is 5.75 Å². The molecule has 0 radical (unpaired) electrons. The SMILES string of the molecule is COc1cncc(C(O)CCc2cccc(C)c2)c1. The van der Waals surface area contributed by atoms with Gasteiger partial charge in [0.15, 0.2) is 0 Å². The number of benzene rings is 1. The zero-order valence-corrected chi connectivity index (χ0v) is 11.3. The summed E-state index contributed by atoms with van der Waals surface area (Å²) < 4.78 is 5.11. The normalized spacial score (nSPS) is 12.2. The van der Waals surface area contributed by atoms with Gasteiger partial charge in [-0.05, 0) is 31.4 Å². The molecule has 19 heavy (non-hydrogen) atoms. The Morgan fingerprint density at radius 2 is 2.11 bits per heavy atom. The number of pyridine rings is 1. The molecule has 1 aromatic heterocycles. The van der Waals surface area contributed by atoms with E-state index in [0.717, 1.165) is 12.0 Å². The van der Waals surface area contributed by atoms with Gasteiger partial charge < -0.3 is 9.84 Å². The van der Waals surface area contributed by atoms with Gasteiger partial charge in [0.25, 0.3) is 0 Å². The van der Waals surface area contributed by atoms with E-state index < -0.39 is 6.10 Å². The first-order chi connectivity index (χ1) is 9.19. The zero-order valence-electron chi connectivity index (χ0n) is 11.3. The van der Waals surface area contributed by atoms with Gasteiger partial charge in [-0.15, -0.1) is 0 Å². The molecule has 1 atom stereocenters.